The Morgan fingerprint density at radius 1 is 1.56 bits per heavy atom. The van der Waals surface area contributed by atoms with Gasteiger partial charge in [0.25, 0.3) is 0 Å². The van der Waals surface area contributed by atoms with Crippen LogP contribution in [0.3, 0.4) is 0 Å². The Labute approximate surface area is 108 Å². The van der Waals surface area contributed by atoms with E-state index in [2.05, 4.69) is 22.2 Å². The lowest BCUT2D eigenvalue weighted by atomic mass is 9.73. The Kier molecular flexibility index (Phi) is 4.01. The van der Waals surface area contributed by atoms with Gasteiger partial charge in [-0.2, -0.15) is 4.98 Å². The van der Waals surface area contributed by atoms with Gasteiger partial charge in [0.1, 0.15) is 0 Å². The fourth-order valence-corrected chi connectivity index (χ4v) is 2.41. The summed E-state index contributed by atoms with van der Waals surface area (Å²) in [5.41, 5.74) is -0.0926. The van der Waals surface area contributed by atoms with E-state index in [4.69, 9.17) is 4.74 Å². The molecular formula is C13H21N3O2. The molecule has 0 saturated heterocycles. The van der Waals surface area contributed by atoms with Crippen molar-refractivity contribution in [2.45, 2.75) is 38.7 Å². The molecule has 1 aromatic heterocycles. The Bertz CT molecular complexity index is 400. The largest absolute Gasteiger partial charge is 0.481 e. The van der Waals surface area contributed by atoms with Crippen LogP contribution in [0.2, 0.25) is 0 Å². The van der Waals surface area contributed by atoms with Gasteiger partial charge in [-0.1, -0.05) is 19.8 Å². The molecule has 1 fully saturated rings. The van der Waals surface area contributed by atoms with Crippen molar-refractivity contribution in [2.75, 3.05) is 19.0 Å². The van der Waals surface area contributed by atoms with Crippen LogP contribution in [0.15, 0.2) is 12.3 Å². The number of rotatable bonds is 4. The number of nitrogens with one attached hydrogen (secondary N) is 1. The maximum atomic E-state index is 10.1. The highest BCUT2D eigenvalue weighted by atomic mass is 16.5. The lowest BCUT2D eigenvalue weighted by molar-refractivity contribution is 0.00953. The molecule has 1 aromatic rings. The average Bonchev–Trinajstić information content (AvgIpc) is 2.40. The fourth-order valence-electron chi connectivity index (χ4n) is 2.41. The first kappa shape index (κ1) is 13.1. The van der Waals surface area contributed by atoms with Crippen LogP contribution in [0, 0.1) is 5.41 Å². The third kappa shape index (κ3) is 2.90. The van der Waals surface area contributed by atoms with Crippen molar-refractivity contribution in [3.05, 3.63) is 12.3 Å². The zero-order valence-corrected chi connectivity index (χ0v) is 11.0. The average molecular weight is 251 g/mol. The molecule has 1 aliphatic rings. The van der Waals surface area contributed by atoms with Gasteiger partial charge in [0.05, 0.1) is 13.2 Å². The van der Waals surface area contributed by atoms with Crippen LogP contribution in [0.1, 0.15) is 32.6 Å². The van der Waals surface area contributed by atoms with Crippen molar-refractivity contribution in [3.8, 4) is 5.88 Å². The number of aromatic nitrogens is 2. The Morgan fingerprint density at radius 2 is 2.39 bits per heavy atom. The quantitative estimate of drug-likeness (QED) is 0.854. The summed E-state index contributed by atoms with van der Waals surface area (Å²) in [5.74, 6) is 1.09. The molecule has 2 atom stereocenters. The minimum Gasteiger partial charge on any atom is -0.481 e. The Hall–Kier alpha value is -1.36. The number of hydrogen-bond acceptors (Lipinski definition) is 5. The zero-order chi connectivity index (χ0) is 13.0. The van der Waals surface area contributed by atoms with Crippen molar-refractivity contribution >= 4 is 5.95 Å². The number of aliphatic hydroxyl groups is 1. The predicted molar refractivity (Wildman–Crippen MR) is 69.7 cm³/mol. The molecule has 100 valence electrons. The van der Waals surface area contributed by atoms with E-state index in [0.29, 0.717) is 18.4 Å². The summed E-state index contributed by atoms with van der Waals surface area (Å²) < 4.78 is 5.05. The molecule has 1 heterocycles. The smallest absolute Gasteiger partial charge is 0.225 e. The van der Waals surface area contributed by atoms with E-state index in [0.717, 1.165) is 19.3 Å². The highest BCUT2D eigenvalue weighted by Gasteiger charge is 2.35. The molecule has 18 heavy (non-hydrogen) atoms. The summed E-state index contributed by atoms with van der Waals surface area (Å²) in [4.78, 5) is 8.35. The van der Waals surface area contributed by atoms with E-state index >= 15 is 0 Å². The number of ether oxygens (including phenoxy) is 1. The number of aliphatic hydroxyl groups excluding tert-OH is 1. The maximum absolute atomic E-state index is 10.1. The van der Waals surface area contributed by atoms with Crippen LogP contribution in [0.25, 0.3) is 0 Å². The lowest BCUT2D eigenvalue weighted by Gasteiger charge is -2.38. The molecule has 5 nitrogen and oxygen atoms in total. The van der Waals surface area contributed by atoms with Gasteiger partial charge in [-0.25, -0.2) is 4.98 Å². The molecule has 1 aliphatic carbocycles. The van der Waals surface area contributed by atoms with Crippen molar-refractivity contribution in [3.63, 3.8) is 0 Å². The third-order valence-corrected chi connectivity index (χ3v) is 3.77. The van der Waals surface area contributed by atoms with Gasteiger partial charge < -0.3 is 15.2 Å². The molecule has 0 bridgehead atoms. The van der Waals surface area contributed by atoms with Crippen LogP contribution >= 0.6 is 0 Å². The van der Waals surface area contributed by atoms with Crippen LogP contribution in [-0.2, 0) is 0 Å². The molecule has 0 amide bonds. The van der Waals surface area contributed by atoms with Crippen molar-refractivity contribution in [1.82, 2.24) is 9.97 Å². The molecule has 5 heteroatoms. The normalized spacial score (nSPS) is 27.8. The second-order valence-electron chi connectivity index (χ2n) is 5.19. The van der Waals surface area contributed by atoms with E-state index < -0.39 is 0 Å². The van der Waals surface area contributed by atoms with E-state index in [1.807, 2.05) is 0 Å². The van der Waals surface area contributed by atoms with Crippen molar-refractivity contribution < 1.29 is 9.84 Å². The SMILES string of the molecule is COc1ccnc(NCC2(C)CCCCC2O)n1. The topological polar surface area (TPSA) is 67.3 Å². The highest BCUT2D eigenvalue weighted by molar-refractivity contribution is 5.28. The van der Waals surface area contributed by atoms with Crippen LogP contribution in [0.5, 0.6) is 5.88 Å². The number of nitrogens with zero attached hydrogens (tertiary/aromatic N) is 2. The third-order valence-electron chi connectivity index (χ3n) is 3.77. The highest BCUT2D eigenvalue weighted by Crippen LogP contribution is 2.36. The molecule has 0 aliphatic heterocycles. The summed E-state index contributed by atoms with van der Waals surface area (Å²) in [6, 6.07) is 1.71. The molecular weight excluding hydrogens is 230 g/mol. The molecule has 0 aromatic carbocycles. The maximum Gasteiger partial charge on any atom is 0.225 e. The van der Waals surface area contributed by atoms with Gasteiger partial charge in [-0.05, 0) is 12.8 Å². The van der Waals surface area contributed by atoms with Crippen molar-refractivity contribution in [2.24, 2.45) is 5.41 Å². The fraction of sp³-hybridized carbons (Fsp3) is 0.692. The number of anilines is 1. The first-order chi connectivity index (χ1) is 8.64. The van der Waals surface area contributed by atoms with Gasteiger partial charge in [-0.15, -0.1) is 0 Å². The van der Waals surface area contributed by atoms with Crippen LogP contribution in [0.4, 0.5) is 5.95 Å². The lowest BCUT2D eigenvalue weighted by Crippen LogP contribution is -2.41. The first-order valence-corrected chi connectivity index (χ1v) is 6.43. The molecule has 2 unspecified atom stereocenters. The standard InChI is InChI=1S/C13H21N3O2/c1-13(7-4-3-5-10(13)17)9-15-12-14-8-6-11(16-12)18-2/h6,8,10,17H,3-5,7,9H2,1-2H3,(H,14,15,16). The van der Waals surface area contributed by atoms with Gasteiger partial charge in [0.2, 0.25) is 11.8 Å². The molecule has 0 spiro atoms. The number of methoxy groups -OCH3 is 1. The number of hydrogen-bond donors (Lipinski definition) is 2. The predicted octanol–water partition coefficient (Wildman–Crippen LogP) is 1.84. The zero-order valence-electron chi connectivity index (χ0n) is 11.0. The minimum atomic E-state index is -0.246. The first-order valence-electron chi connectivity index (χ1n) is 6.43. The second kappa shape index (κ2) is 5.52. The van der Waals surface area contributed by atoms with Crippen LogP contribution in [-0.4, -0.2) is 34.8 Å². The molecule has 1 saturated carbocycles. The van der Waals surface area contributed by atoms with Gasteiger partial charge in [-0.3, -0.25) is 0 Å². The van der Waals surface area contributed by atoms with Crippen LogP contribution < -0.4 is 10.1 Å². The summed E-state index contributed by atoms with van der Waals surface area (Å²) in [7, 11) is 1.58. The Morgan fingerprint density at radius 3 is 3.11 bits per heavy atom. The summed E-state index contributed by atoms with van der Waals surface area (Å²) in [6.45, 7) is 2.80. The summed E-state index contributed by atoms with van der Waals surface area (Å²) in [5, 5.41) is 13.3. The van der Waals surface area contributed by atoms with E-state index in [1.54, 1.807) is 19.4 Å². The molecule has 0 radical (unpaired) electrons. The Balaban J connectivity index is 1.97. The second-order valence-corrected chi connectivity index (χ2v) is 5.19. The molecule has 2 rings (SSSR count). The van der Waals surface area contributed by atoms with E-state index in [-0.39, 0.29) is 11.5 Å². The van der Waals surface area contributed by atoms with E-state index in [9.17, 15) is 5.11 Å². The minimum absolute atomic E-state index is 0.0926. The summed E-state index contributed by atoms with van der Waals surface area (Å²) in [6.07, 6.45) is 5.63. The summed E-state index contributed by atoms with van der Waals surface area (Å²) >= 11 is 0. The van der Waals surface area contributed by atoms with E-state index in [1.165, 1.54) is 6.42 Å². The van der Waals surface area contributed by atoms with Gasteiger partial charge >= 0.3 is 0 Å². The monoisotopic (exact) mass is 251 g/mol. The van der Waals surface area contributed by atoms with Gasteiger partial charge in [0.15, 0.2) is 0 Å². The van der Waals surface area contributed by atoms with Gasteiger partial charge in [0, 0.05) is 24.2 Å². The van der Waals surface area contributed by atoms with Crippen molar-refractivity contribution in [1.29, 1.82) is 0 Å². The molecule has 2 N–H and O–H groups in total.